The summed E-state index contributed by atoms with van der Waals surface area (Å²) in [7, 11) is -3.81. The van der Waals surface area contributed by atoms with Gasteiger partial charge in [0.1, 0.15) is 0 Å². The number of hydrogen-bond donors (Lipinski definition) is 2. The summed E-state index contributed by atoms with van der Waals surface area (Å²) in [4.78, 5) is 11.8. The molecular weight excluding hydrogens is 332 g/mol. The number of sulfonamides is 1. The average molecular weight is 348 g/mol. The molecule has 0 aromatic heterocycles. The second-order valence-electron chi connectivity index (χ2n) is 5.10. The summed E-state index contributed by atoms with van der Waals surface area (Å²) < 4.78 is 37.0. The molecule has 2 aromatic carbocycles. The summed E-state index contributed by atoms with van der Waals surface area (Å²) in [5.41, 5.74) is 0.935. The number of hydrogen-bond acceptors (Lipinski definition) is 5. The van der Waals surface area contributed by atoms with E-state index >= 15 is 0 Å². The van der Waals surface area contributed by atoms with Gasteiger partial charge in [0.2, 0.25) is 22.7 Å². The van der Waals surface area contributed by atoms with Crippen LogP contribution in [0.1, 0.15) is 5.56 Å². The number of amides is 1. The first-order valence-electron chi connectivity index (χ1n) is 7.24. The number of rotatable bonds is 6. The van der Waals surface area contributed by atoms with Crippen LogP contribution in [0, 0.1) is 0 Å². The zero-order valence-corrected chi connectivity index (χ0v) is 13.5. The quantitative estimate of drug-likeness (QED) is 0.813. The summed E-state index contributed by atoms with van der Waals surface area (Å²) in [6.07, 6.45) is 0. The van der Waals surface area contributed by atoms with Crippen molar-refractivity contribution in [1.82, 2.24) is 10.0 Å². The van der Waals surface area contributed by atoms with Gasteiger partial charge in [-0.05, 0) is 17.7 Å². The lowest BCUT2D eigenvalue weighted by atomic mass is 10.2. The number of nitrogens with one attached hydrogen (secondary N) is 2. The van der Waals surface area contributed by atoms with Crippen molar-refractivity contribution in [3.8, 4) is 11.5 Å². The Labute approximate surface area is 139 Å². The summed E-state index contributed by atoms with van der Waals surface area (Å²) in [5.74, 6) is 0.448. The van der Waals surface area contributed by atoms with Gasteiger partial charge in [-0.25, -0.2) is 13.1 Å². The number of fused-ring (bicyclic) bond motifs is 1. The van der Waals surface area contributed by atoms with E-state index in [4.69, 9.17) is 9.47 Å². The topological polar surface area (TPSA) is 93.7 Å². The Balaban J connectivity index is 1.56. The Hall–Kier alpha value is -2.58. The molecule has 1 amide bonds. The van der Waals surface area contributed by atoms with Gasteiger partial charge in [0.15, 0.2) is 11.5 Å². The SMILES string of the molecule is O=C(CNS(=O)(=O)c1ccc2c(c1)OCO2)NCc1ccccc1. The average Bonchev–Trinajstić information content (AvgIpc) is 3.07. The van der Waals surface area contributed by atoms with Crippen molar-refractivity contribution in [2.45, 2.75) is 11.4 Å². The Morgan fingerprint density at radius 3 is 2.58 bits per heavy atom. The highest BCUT2D eigenvalue weighted by Gasteiger charge is 2.20. The van der Waals surface area contributed by atoms with Crippen LogP contribution in [0.5, 0.6) is 11.5 Å². The molecule has 1 heterocycles. The van der Waals surface area contributed by atoms with Gasteiger partial charge in [0.05, 0.1) is 11.4 Å². The zero-order valence-electron chi connectivity index (χ0n) is 12.7. The summed E-state index contributed by atoms with van der Waals surface area (Å²) in [5, 5.41) is 2.65. The van der Waals surface area contributed by atoms with Gasteiger partial charge >= 0.3 is 0 Å². The lowest BCUT2D eigenvalue weighted by Crippen LogP contribution is -2.36. The van der Waals surface area contributed by atoms with Gasteiger partial charge in [0, 0.05) is 12.6 Å². The molecule has 126 valence electrons. The first-order chi connectivity index (χ1) is 11.5. The standard InChI is InChI=1S/C16H16N2O5S/c19-16(17-9-12-4-2-1-3-5-12)10-18-24(20,21)13-6-7-14-15(8-13)23-11-22-14/h1-8,18H,9-11H2,(H,17,19). The Morgan fingerprint density at radius 2 is 1.79 bits per heavy atom. The third-order valence-corrected chi connectivity index (χ3v) is 4.81. The summed E-state index contributed by atoms with van der Waals surface area (Å²) in [6.45, 7) is 0.0587. The van der Waals surface area contributed by atoms with Gasteiger partial charge in [-0.2, -0.15) is 0 Å². The highest BCUT2D eigenvalue weighted by atomic mass is 32.2. The maximum absolute atomic E-state index is 12.2. The van der Waals surface area contributed by atoms with Crippen LogP contribution in [0.25, 0.3) is 0 Å². The third-order valence-electron chi connectivity index (χ3n) is 3.41. The smallest absolute Gasteiger partial charge is 0.241 e. The van der Waals surface area contributed by atoms with Crippen molar-refractivity contribution < 1.29 is 22.7 Å². The van der Waals surface area contributed by atoms with Crippen molar-refractivity contribution >= 4 is 15.9 Å². The predicted molar refractivity (Wildman–Crippen MR) is 86.0 cm³/mol. The molecule has 0 spiro atoms. The van der Waals surface area contributed by atoms with Gasteiger partial charge in [-0.15, -0.1) is 0 Å². The zero-order chi connectivity index (χ0) is 17.0. The van der Waals surface area contributed by atoms with E-state index in [1.807, 2.05) is 30.3 Å². The van der Waals surface area contributed by atoms with Crippen molar-refractivity contribution in [3.63, 3.8) is 0 Å². The molecule has 0 radical (unpaired) electrons. The van der Waals surface area contributed by atoms with E-state index in [2.05, 4.69) is 10.0 Å². The van der Waals surface area contributed by atoms with Gasteiger partial charge in [-0.1, -0.05) is 30.3 Å². The minimum Gasteiger partial charge on any atom is -0.454 e. The molecule has 1 aliphatic rings. The third kappa shape index (κ3) is 3.84. The molecule has 0 aliphatic carbocycles. The van der Waals surface area contributed by atoms with Crippen molar-refractivity contribution in [1.29, 1.82) is 0 Å². The van der Waals surface area contributed by atoms with E-state index in [1.54, 1.807) is 0 Å². The van der Waals surface area contributed by atoms with Crippen molar-refractivity contribution in [3.05, 3.63) is 54.1 Å². The molecule has 0 unspecified atom stereocenters. The Bertz CT molecular complexity index is 837. The maximum Gasteiger partial charge on any atom is 0.241 e. The van der Waals surface area contributed by atoms with E-state index in [9.17, 15) is 13.2 Å². The molecule has 0 bridgehead atoms. The molecule has 0 saturated heterocycles. The summed E-state index contributed by atoms with van der Waals surface area (Å²) in [6, 6.07) is 13.6. The van der Waals surface area contributed by atoms with E-state index in [0.717, 1.165) is 5.56 Å². The van der Waals surface area contributed by atoms with Crippen LogP contribution in [0.15, 0.2) is 53.4 Å². The molecule has 0 atom stereocenters. The fourth-order valence-electron chi connectivity index (χ4n) is 2.15. The number of ether oxygens (including phenoxy) is 2. The minimum atomic E-state index is -3.81. The fraction of sp³-hybridized carbons (Fsp3) is 0.188. The lowest BCUT2D eigenvalue weighted by Gasteiger charge is -2.08. The fourth-order valence-corrected chi connectivity index (χ4v) is 3.14. The van der Waals surface area contributed by atoms with E-state index in [1.165, 1.54) is 18.2 Å². The van der Waals surface area contributed by atoms with Crippen LogP contribution in [0.3, 0.4) is 0 Å². The van der Waals surface area contributed by atoms with E-state index < -0.39 is 15.9 Å². The van der Waals surface area contributed by atoms with Crippen LogP contribution >= 0.6 is 0 Å². The molecule has 3 rings (SSSR count). The molecule has 2 aromatic rings. The van der Waals surface area contributed by atoms with Crippen LogP contribution in [-0.2, 0) is 21.4 Å². The van der Waals surface area contributed by atoms with Gasteiger partial charge in [0.25, 0.3) is 0 Å². The molecule has 2 N–H and O–H groups in total. The number of carbonyl (C=O) groups excluding carboxylic acids is 1. The molecular formula is C16H16N2O5S. The van der Waals surface area contributed by atoms with Crippen LogP contribution < -0.4 is 19.5 Å². The van der Waals surface area contributed by atoms with E-state index in [-0.39, 0.29) is 18.2 Å². The van der Waals surface area contributed by atoms with Crippen LogP contribution in [-0.4, -0.2) is 27.7 Å². The highest BCUT2D eigenvalue weighted by molar-refractivity contribution is 7.89. The molecule has 7 nitrogen and oxygen atoms in total. The van der Waals surface area contributed by atoms with Crippen LogP contribution in [0.2, 0.25) is 0 Å². The normalized spacial score (nSPS) is 12.8. The second kappa shape index (κ2) is 6.90. The largest absolute Gasteiger partial charge is 0.454 e. The first-order valence-corrected chi connectivity index (χ1v) is 8.73. The molecule has 8 heteroatoms. The first kappa shape index (κ1) is 16.3. The minimum absolute atomic E-state index is 0.0163. The summed E-state index contributed by atoms with van der Waals surface area (Å²) >= 11 is 0. The molecule has 1 aliphatic heterocycles. The van der Waals surface area contributed by atoms with Gasteiger partial charge in [-0.3, -0.25) is 4.79 Å². The van der Waals surface area contributed by atoms with E-state index in [0.29, 0.717) is 18.0 Å². The van der Waals surface area contributed by atoms with Gasteiger partial charge < -0.3 is 14.8 Å². The Kier molecular flexibility index (Phi) is 4.68. The second-order valence-corrected chi connectivity index (χ2v) is 6.87. The Morgan fingerprint density at radius 1 is 1.04 bits per heavy atom. The maximum atomic E-state index is 12.2. The number of carbonyl (C=O) groups is 1. The van der Waals surface area contributed by atoms with Crippen LogP contribution in [0.4, 0.5) is 0 Å². The highest BCUT2D eigenvalue weighted by Crippen LogP contribution is 2.33. The molecule has 0 saturated carbocycles. The molecule has 24 heavy (non-hydrogen) atoms. The lowest BCUT2D eigenvalue weighted by molar-refractivity contribution is -0.120. The van der Waals surface area contributed by atoms with Crippen molar-refractivity contribution in [2.24, 2.45) is 0 Å². The molecule has 0 fully saturated rings. The van der Waals surface area contributed by atoms with Crippen molar-refractivity contribution in [2.75, 3.05) is 13.3 Å². The number of benzene rings is 2. The monoisotopic (exact) mass is 348 g/mol. The predicted octanol–water partition coefficient (Wildman–Crippen LogP) is 1.01.